The van der Waals surface area contributed by atoms with E-state index in [9.17, 15) is 0 Å². The molecule has 0 radical (unpaired) electrons. The standard InChI is InChI=1S/C16H23NO2/c1-12(2)11-17-9-5-6-14(17)13-7-8-15(18-3)16(10-13)19-4/h7-8,10,14H,1,5-6,9,11H2,2-4H3. The fourth-order valence-electron chi connectivity index (χ4n) is 2.80. The van der Waals surface area contributed by atoms with Gasteiger partial charge in [-0.15, -0.1) is 0 Å². The highest BCUT2D eigenvalue weighted by Crippen LogP contribution is 2.36. The summed E-state index contributed by atoms with van der Waals surface area (Å²) < 4.78 is 10.7. The second-order valence-electron chi connectivity index (χ2n) is 5.20. The normalized spacial score (nSPS) is 19.4. The van der Waals surface area contributed by atoms with Gasteiger partial charge in [-0.05, 0) is 44.0 Å². The number of ether oxygens (including phenoxy) is 2. The van der Waals surface area contributed by atoms with Gasteiger partial charge in [0.05, 0.1) is 14.2 Å². The number of methoxy groups -OCH3 is 2. The Hall–Kier alpha value is -1.48. The van der Waals surface area contributed by atoms with Gasteiger partial charge >= 0.3 is 0 Å². The lowest BCUT2D eigenvalue weighted by molar-refractivity contribution is 0.278. The summed E-state index contributed by atoms with van der Waals surface area (Å²) in [6, 6.07) is 6.70. The van der Waals surface area contributed by atoms with Crippen LogP contribution in [0.4, 0.5) is 0 Å². The Kier molecular flexibility index (Phi) is 4.48. The third-order valence-electron chi connectivity index (χ3n) is 3.63. The number of rotatable bonds is 5. The molecule has 0 spiro atoms. The zero-order valence-electron chi connectivity index (χ0n) is 12.1. The third-order valence-corrected chi connectivity index (χ3v) is 3.63. The summed E-state index contributed by atoms with van der Waals surface area (Å²) in [5, 5.41) is 0. The maximum absolute atomic E-state index is 5.39. The first-order valence-electron chi connectivity index (χ1n) is 6.76. The number of likely N-dealkylation sites (tertiary alicyclic amines) is 1. The third kappa shape index (κ3) is 3.10. The average molecular weight is 261 g/mol. The zero-order valence-corrected chi connectivity index (χ0v) is 12.1. The van der Waals surface area contributed by atoms with E-state index in [1.807, 2.05) is 6.07 Å². The van der Waals surface area contributed by atoms with Crippen molar-refractivity contribution in [3.05, 3.63) is 35.9 Å². The summed E-state index contributed by atoms with van der Waals surface area (Å²) in [6.45, 7) is 8.22. The lowest BCUT2D eigenvalue weighted by Gasteiger charge is -2.25. The fraction of sp³-hybridized carbons (Fsp3) is 0.500. The SMILES string of the molecule is C=C(C)CN1CCCC1c1ccc(OC)c(OC)c1. The van der Waals surface area contributed by atoms with Crippen molar-refractivity contribution < 1.29 is 9.47 Å². The summed E-state index contributed by atoms with van der Waals surface area (Å²) in [6.07, 6.45) is 2.44. The van der Waals surface area contributed by atoms with Gasteiger partial charge in [0, 0.05) is 12.6 Å². The Labute approximate surface area is 115 Å². The van der Waals surface area contributed by atoms with Gasteiger partial charge in [-0.2, -0.15) is 0 Å². The minimum Gasteiger partial charge on any atom is -0.493 e. The van der Waals surface area contributed by atoms with E-state index in [-0.39, 0.29) is 0 Å². The predicted molar refractivity (Wildman–Crippen MR) is 77.9 cm³/mol. The maximum atomic E-state index is 5.39. The van der Waals surface area contributed by atoms with Gasteiger partial charge in [-0.25, -0.2) is 0 Å². The van der Waals surface area contributed by atoms with Crippen molar-refractivity contribution in [2.45, 2.75) is 25.8 Å². The Morgan fingerprint density at radius 2 is 2.05 bits per heavy atom. The molecule has 1 saturated heterocycles. The summed E-state index contributed by atoms with van der Waals surface area (Å²) in [7, 11) is 3.35. The van der Waals surface area contributed by atoms with Crippen molar-refractivity contribution in [2.24, 2.45) is 0 Å². The predicted octanol–water partition coefficient (Wildman–Crippen LogP) is 3.42. The average Bonchev–Trinajstić information content (AvgIpc) is 2.85. The molecule has 3 heteroatoms. The van der Waals surface area contributed by atoms with Crippen LogP contribution >= 0.6 is 0 Å². The first-order valence-corrected chi connectivity index (χ1v) is 6.76. The van der Waals surface area contributed by atoms with Crippen LogP contribution in [0.2, 0.25) is 0 Å². The highest BCUT2D eigenvalue weighted by atomic mass is 16.5. The van der Waals surface area contributed by atoms with Crippen LogP contribution in [0, 0.1) is 0 Å². The van der Waals surface area contributed by atoms with E-state index >= 15 is 0 Å². The van der Waals surface area contributed by atoms with Gasteiger partial charge < -0.3 is 9.47 Å². The van der Waals surface area contributed by atoms with Gasteiger partial charge in [0.15, 0.2) is 11.5 Å². The molecule has 0 bridgehead atoms. The van der Waals surface area contributed by atoms with Crippen LogP contribution < -0.4 is 9.47 Å². The summed E-state index contributed by atoms with van der Waals surface area (Å²) in [5.41, 5.74) is 2.52. The van der Waals surface area contributed by atoms with E-state index in [0.29, 0.717) is 6.04 Å². The second kappa shape index (κ2) is 6.11. The van der Waals surface area contributed by atoms with Crippen LogP contribution in [0.25, 0.3) is 0 Å². The van der Waals surface area contributed by atoms with E-state index in [0.717, 1.165) is 24.6 Å². The molecule has 1 aromatic carbocycles. The Morgan fingerprint density at radius 1 is 1.32 bits per heavy atom. The van der Waals surface area contributed by atoms with Gasteiger partial charge in [-0.3, -0.25) is 4.90 Å². The van der Waals surface area contributed by atoms with Gasteiger partial charge in [0.25, 0.3) is 0 Å². The Morgan fingerprint density at radius 3 is 2.68 bits per heavy atom. The van der Waals surface area contributed by atoms with Crippen LogP contribution in [-0.4, -0.2) is 32.2 Å². The molecule has 1 aliphatic rings. The van der Waals surface area contributed by atoms with Gasteiger partial charge in [0.2, 0.25) is 0 Å². The molecular formula is C16H23NO2. The van der Waals surface area contributed by atoms with Crippen molar-refractivity contribution in [1.82, 2.24) is 4.90 Å². The van der Waals surface area contributed by atoms with Crippen LogP contribution in [0.5, 0.6) is 11.5 Å². The monoisotopic (exact) mass is 261 g/mol. The molecule has 1 aromatic rings. The topological polar surface area (TPSA) is 21.7 Å². The van der Waals surface area contributed by atoms with E-state index in [2.05, 4.69) is 30.5 Å². The van der Waals surface area contributed by atoms with E-state index < -0.39 is 0 Å². The molecule has 0 N–H and O–H groups in total. The largest absolute Gasteiger partial charge is 0.493 e. The first kappa shape index (κ1) is 13.9. The number of hydrogen-bond donors (Lipinski definition) is 0. The molecule has 1 fully saturated rings. The number of benzene rings is 1. The first-order chi connectivity index (χ1) is 9.15. The van der Waals surface area contributed by atoms with Crippen LogP contribution in [0.1, 0.15) is 31.4 Å². The summed E-state index contributed by atoms with van der Waals surface area (Å²) in [4.78, 5) is 2.49. The second-order valence-corrected chi connectivity index (χ2v) is 5.20. The molecule has 1 unspecified atom stereocenters. The molecule has 1 aliphatic heterocycles. The molecular weight excluding hydrogens is 238 g/mol. The zero-order chi connectivity index (χ0) is 13.8. The summed E-state index contributed by atoms with van der Waals surface area (Å²) >= 11 is 0. The van der Waals surface area contributed by atoms with E-state index in [1.54, 1.807) is 14.2 Å². The fourth-order valence-corrected chi connectivity index (χ4v) is 2.80. The Balaban J connectivity index is 2.23. The molecule has 2 rings (SSSR count). The van der Waals surface area contributed by atoms with Crippen molar-refractivity contribution >= 4 is 0 Å². The van der Waals surface area contributed by atoms with Crippen LogP contribution in [0.15, 0.2) is 30.4 Å². The molecule has 0 aliphatic carbocycles. The summed E-state index contributed by atoms with van der Waals surface area (Å²) in [5.74, 6) is 1.60. The van der Waals surface area contributed by atoms with Crippen molar-refractivity contribution in [2.75, 3.05) is 27.3 Å². The van der Waals surface area contributed by atoms with Gasteiger partial charge in [-0.1, -0.05) is 18.2 Å². The minimum absolute atomic E-state index is 0.469. The van der Waals surface area contributed by atoms with E-state index in [4.69, 9.17) is 9.47 Å². The molecule has 3 nitrogen and oxygen atoms in total. The molecule has 0 aromatic heterocycles. The maximum Gasteiger partial charge on any atom is 0.161 e. The van der Waals surface area contributed by atoms with Crippen molar-refractivity contribution in [3.8, 4) is 11.5 Å². The highest BCUT2D eigenvalue weighted by molar-refractivity contribution is 5.44. The minimum atomic E-state index is 0.469. The molecule has 1 heterocycles. The highest BCUT2D eigenvalue weighted by Gasteiger charge is 2.26. The Bertz CT molecular complexity index is 456. The molecule has 0 saturated carbocycles. The smallest absolute Gasteiger partial charge is 0.161 e. The quantitative estimate of drug-likeness (QED) is 0.758. The lowest BCUT2D eigenvalue weighted by atomic mass is 10.0. The van der Waals surface area contributed by atoms with Crippen LogP contribution in [0.3, 0.4) is 0 Å². The molecule has 1 atom stereocenters. The van der Waals surface area contributed by atoms with Crippen molar-refractivity contribution in [1.29, 1.82) is 0 Å². The lowest BCUT2D eigenvalue weighted by Crippen LogP contribution is -2.24. The van der Waals surface area contributed by atoms with E-state index in [1.165, 1.54) is 24.0 Å². The van der Waals surface area contributed by atoms with Gasteiger partial charge in [0.1, 0.15) is 0 Å². The number of hydrogen-bond acceptors (Lipinski definition) is 3. The molecule has 19 heavy (non-hydrogen) atoms. The molecule has 104 valence electrons. The van der Waals surface area contributed by atoms with Crippen LogP contribution in [-0.2, 0) is 0 Å². The number of nitrogens with zero attached hydrogens (tertiary/aromatic N) is 1. The molecule has 0 amide bonds. The van der Waals surface area contributed by atoms with Crippen molar-refractivity contribution in [3.63, 3.8) is 0 Å².